The Kier molecular flexibility index (Phi) is 4.59. The van der Waals surface area contributed by atoms with Crippen molar-refractivity contribution < 1.29 is 0 Å². The first-order valence-electron chi connectivity index (χ1n) is 12.3. The van der Waals surface area contributed by atoms with Gasteiger partial charge in [0.15, 0.2) is 11.6 Å². The minimum atomic E-state index is 0.555. The Morgan fingerprint density at radius 2 is 1.16 bits per heavy atom. The molecule has 0 saturated heterocycles. The van der Waals surface area contributed by atoms with E-state index in [1.165, 1.54) is 36.5 Å². The molecule has 38 heavy (non-hydrogen) atoms. The van der Waals surface area contributed by atoms with Gasteiger partial charge in [0.05, 0.1) is 21.4 Å². The van der Waals surface area contributed by atoms with Gasteiger partial charge in [-0.1, -0.05) is 48.5 Å². The number of fused-ring (bicyclic) bond motifs is 7. The first-order valence-corrected chi connectivity index (χ1v) is 13.1. The Morgan fingerprint density at radius 3 is 1.87 bits per heavy atom. The standard InChI is InChI=1S/C31H18N6S/c1-3-9-26-20(7-1)22-11-12-23-21-8-2-4-10-27(21)38-29(23)28(22)37(26)19-17-24(30-32-13-5-14-33-30)36-25(18-19)31-34-15-6-16-35-31/h1-18H. The van der Waals surface area contributed by atoms with E-state index in [2.05, 4.69) is 97.3 Å². The van der Waals surface area contributed by atoms with Crippen LogP contribution in [0.1, 0.15) is 0 Å². The second-order valence-corrected chi connectivity index (χ2v) is 10.1. The van der Waals surface area contributed by atoms with Crippen LogP contribution >= 0.6 is 11.3 Å². The Morgan fingerprint density at radius 1 is 0.553 bits per heavy atom. The highest BCUT2D eigenvalue weighted by Crippen LogP contribution is 2.43. The number of hydrogen-bond acceptors (Lipinski definition) is 6. The molecule has 0 bridgehead atoms. The van der Waals surface area contributed by atoms with E-state index in [9.17, 15) is 0 Å². The molecule has 178 valence electrons. The average Bonchev–Trinajstić information content (AvgIpc) is 3.54. The van der Waals surface area contributed by atoms with Crippen molar-refractivity contribution in [1.29, 1.82) is 0 Å². The normalized spacial score (nSPS) is 11.7. The Bertz CT molecular complexity index is 2070. The molecule has 0 saturated carbocycles. The number of thiophene rings is 1. The van der Waals surface area contributed by atoms with Crippen LogP contribution in [-0.2, 0) is 0 Å². The Balaban J connectivity index is 1.53. The lowest BCUT2D eigenvalue weighted by molar-refractivity contribution is 1.09. The van der Waals surface area contributed by atoms with Crippen molar-refractivity contribution in [2.45, 2.75) is 0 Å². The summed E-state index contributed by atoms with van der Waals surface area (Å²) in [4.78, 5) is 22.8. The molecule has 7 heteroatoms. The second-order valence-electron chi connectivity index (χ2n) is 9.03. The second kappa shape index (κ2) is 8.26. The molecule has 6 nitrogen and oxygen atoms in total. The van der Waals surface area contributed by atoms with Gasteiger partial charge in [-0.2, -0.15) is 0 Å². The zero-order valence-electron chi connectivity index (χ0n) is 20.0. The Hall–Kier alpha value is -5.01. The first kappa shape index (κ1) is 21.1. The number of para-hydroxylation sites is 1. The monoisotopic (exact) mass is 506 g/mol. The van der Waals surface area contributed by atoms with E-state index < -0.39 is 0 Å². The summed E-state index contributed by atoms with van der Waals surface area (Å²) in [6.45, 7) is 0. The molecule has 0 fully saturated rings. The minimum absolute atomic E-state index is 0.555. The highest BCUT2D eigenvalue weighted by Gasteiger charge is 2.19. The molecule has 5 heterocycles. The molecule has 0 unspecified atom stereocenters. The van der Waals surface area contributed by atoms with Crippen molar-refractivity contribution in [1.82, 2.24) is 29.5 Å². The van der Waals surface area contributed by atoms with E-state index in [0.717, 1.165) is 11.2 Å². The third-order valence-electron chi connectivity index (χ3n) is 6.84. The van der Waals surface area contributed by atoms with Crippen molar-refractivity contribution in [2.24, 2.45) is 0 Å². The van der Waals surface area contributed by atoms with Crippen molar-refractivity contribution in [3.8, 4) is 28.7 Å². The fraction of sp³-hybridized carbons (Fsp3) is 0. The van der Waals surface area contributed by atoms with Crippen LogP contribution in [0.4, 0.5) is 0 Å². The van der Waals surface area contributed by atoms with E-state index in [4.69, 9.17) is 4.98 Å². The number of pyridine rings is 1. The van der Waals surface area contributed by atoms with Gasteiger partial charge in [-0.05, 0) is 36.4 Å². The van der Waals surface area contributed by atoms with Gasteiger partial charge in [0.1, 0.15) is 11.4 Å². The maximum atomic E-state index is 4.88. The largest absolute Gasteiger partial charge is 0.308 e. The maximum absolute atomic E-state index is 4.88. The summed E-state index contributed by atoms with van der Waals surface area (Å²) in [5.41, 5.74) is 4.59. The molecule has 0 amide bonds. The van der Waals surface area contributed by atoms with Gasteiger partial charge in [-0.15, -0.1) is 11.3 Å². The van der Waals surface area contributed by atoms with Crippen LogP contribution in [0.5, 0.6) is 0 Å². The van der Waals surface area contributed by atoms with Crippen molar-refractivity contribution >= 4 is 53.3 Å². The minimum Gasteiger partial charge on any atom is -0.308 e. The van der Waals surface area contributed by atoms with Crippen molar-refractivity contribution in [3.05, 3.63) is 110 Å². The van der Waals surface area contributed by atoms with Gasteiger partial charge < -0.3 is 4.57 Å². The SMILES string of the molecule is c1cnc(-c2cc(-n3c4ccccc4c4ccc5c6ccccc6sc5c43)cc(-c3ncccn3)n2)nc1. The summed E-state index contributed by atoms with van der Waals surface area (Å²) in [6, 6.07) is 29.4. The molecule has 0 aliphatic rings. The molecule has 0 radical (unpaired) electrons. The smallest absolute Gasteiger partial charge is 0.178 e. The molecule has 8 aromatic rings. The van der Waals surface area contributed by atoms with E-state index in [1.54, 1.807) is 36.9 Å². The summed E-state index contributed by atoms with van der Waals surface area (Å²) in [7, 11) is 0. The van der Waals surface area contributed by atoms with E-state index in [1.807, 2.05) is 11.3 Å². The zero-order chi connectivity index (χ0) is 25.1. The maximum Gasteiger partial charge on any atom is 0.178 e. The molecule has 0 spiro atoms. The molecule has 0 N–H and O–H groups in total. The van der Waals surface area contributed by atoms with Crippen LogP contribution in [0.2, 0.25) is 0 Å². The third-order valence-corrected chi connectivity index (χ3v) is 8.03. The number of benzene rings is 3. The molecule has 3 aromatic carbocycles. The van der Waals surface area contributed by atoms with E-state index >= 15 is 0 Å². The zero-order valence-corrected chi connectivity index (χ0v) is 20.8. The van der Waals surface area contributed by atoms with Crippen LogP contribution in [0.25, 0.3) is 70.7 Å². The van der Waals surface area contributed by atoms with Gasteiger partial charge in [-0.3, -0.25) is 0 Å². The molecule has 8 rings (SSSR count). The summed E-state index contributed by atoms with van der Waals surface area (Å²) in [5.74, 6) is 1.11. The first-order chi connectivity index (χ1) is 18.8. The molecular formula is C31H18N6S. The summed E-state index contributed by atoms with van der Waals surface area (Å²) in [6.07, 6.45) is 6.93. The highest BCUT2D eigenvalue weighted by molar-refractivity contribution is 7.26. The van der Waals surface area contributed by atoms with E-state index in [0.29, 0.717) is 23.0 Å². The topological polar surface area (TPSA) is 69.4 Å². The van der Waals surface area contributed by atoms with Crippen molar-refractivity contribution in [3.63, 3.8) is 0 Å². The lowest BCUT2D eigenvalue weighted by atomic mass is 10.1. The third kappa shape index (κ3) is 3.16. The molecule has 0 atom stereocenters. The van der Waals surface area contributed by atoms with Crippen LogP contribution in [0, 0.1) is 0 Å². The van der Waals surface area contributed by atoms with Crippen LogP contribution in [-0.4, -0.2) is 29.5 Å². The predicted molar refractivity (Wildman–Crippen MR) is 154 cm³/mol. The average molecular weight is 507 g/mol. The Labute approximate surface area is 220 Å². The van der Waals surface area contributed by atoms with Gasteiger partial charge in [0.2, 0.25) is 0 Å². The molecule has 5 aromatic heterocycles. The molecule has 0 aliphatic carbocycles. The summed E-state index contributed by atoms with van der Waals surface area (Å²) < 4.78 is 4.87. The number of hydrogen-bond donors (Lipinski definition) is 0. The number of rotatable bonds is 3. The lowest BCUT2D eigenvalue weighted by Crippen LogP contribution is -2.01. The quantitative estimate of drug-likeness (QED) is 0.249. The summed E-state index contributed by atoms with van der Waals surface area (Å²) in [5, 5.41) is 4.95. The highest BCUT2D eigenvalue weighted by atomic mass is 32.1. The van der Waals surface area contributed by atoms with Gasteiger partial charge in [-0.25, -0.2) is 24.9 Å². The predicted octanol–water partition coefficient (Wildman–Crippen LogP) is 7.46. The fourth-order valence-electron chi connectivity index (χ4n) is 5.24. The summed E-state index contributed by atoms with van der Waals surface area (Å²) >= 11 is 1.83. The number of nitrogens with zero attached hydrogens (tertiary/aromatic N) is 6. The lowest BCUT2D eigenvalue weighted by Gasteiger charge is -2.12. The van der Waals surface area contributed by atoms with Gasteiger partial charge >= 0.3 is 0 Å². The van der Waals surface area contributed by atoms with Crippen LogP contribution in [0.15, 0.2) is 110 Å². The van der Waals surface area contributed by atoms with Crippen molar-refractivity contribution in [2.75, 3.05) is 0 Å². The van der Waals surface area contributed by atoms with Gasteiger partial charge in [0.25, 0.3) is 0 Å². The van der Waals surface area contributed by atoms with Gasteiger partial charge in [0, 0.05) is 51.0 Å². The van der Waals surface area contributed by atoms with Crippen LogP contribution in [0.3, 0.4) is 0 Å². The number of aromatic nitrogens is 6. The fourth-order valence-corrected chi connectivity index (χ4v) is 6.48. The molecular weight excluding hydrogens is 488 g/mol. The van der Waals surface area contributed by atoms with Crippen LogP contribution < -0.4 is 0 Å². The van der Waals surface area contributed by atoms with E-state index in [-0.39, 0.29) is 0 Å². The molecule has 0 aliphatic heterocycles.